The fraction of sp³-hybridized carbons (Fsp3) is 0.409. The van der Waals surface area contributed by atoms with Gasteiger partial charge in [-0.15, -0.1) is 11.3 Å². The summed E-state index contributed by atoms with van der Waals surface area (Å²) in [6.45, 7) is 6.41. The second kappa shape index (κ2) is 9.49. The number of thiocarbonyl (C=S) groups is 1. The Bertz CT molecular complexity index is 1160. The van der Waals surface area contributed by atoms with Crippen LogP contribution in [-0.2, 0) is 12.8 Å². The van der Waals surface area contributed by atoms with Gasteiger partial charge in [0.25, 0.3) is 11.8 Å². The van der Waals surface area contributed by atoms with Gasteiger partial charge in [-0.3, -0.25) is 14.9 Å². The van der Waals surface area contributed by atoms with Gasteiger partial charge in [-0.2, -0.15) is 8.78 Å². The maximum Gasteiger partial charge on any atom is 0.263 e. The average molecular weight is 518 g/mol. The van der Waals surface area contributed by atoms with Gasteiger partial charge in [0.1, 0.15) is 10.6 Å². The molecule has 0 spiro atoms. The molecule has 0 aliphatic heterocycles. The van der Waals surface area contributed by atoms with Crippen molar-refractivity contribution in [2.24, 2.45) is 17.1 Å². The Labute approximate surface area is 202 Å². The molecule has 2 aromatic rings. The Hall–Kier alpha value is -2.73. The summed E-state index contributed by atoms with van der Waals surface area (Å²) in [4.78, 5) is 25.5. The molecule has 0 fully saturated rings. The summed E-state index contributed by atoms with van der Waals surface area (Å²) in [5.74, 6) is -10.7. The molecule has 12 heteroatoms. The topological polar surface area (TPSA) is 93.4 Å². The molecule has 34 heavy (non-hydrogen) atoms. The molecule has 0 bridgehead atoms. The number of carbonyl (C=O) groups is 2. The fourth-order valence-corrected chi connectivity index (χ4v) is 5.56. The number of benzene rings is 1. The SMILES string of the molecule is COc1c(F)c(F)c(C(=O)NC(=S)Nc2sc3c(c2C(N)=O)CC[C@@H](C(C)(C)C)C3)c(F)c1F. The number of hydrogen-bond donors (Lipinski definition) is 3. The molecule has 0 saturated heterocycles. The van der Waals surface area contributed by atoms with E-state index in [0.29, 0.717) is 12.3 Å². The molecule has 1 aromatic carbocycles. The number of halogens is 4. The van der Waals surface area contributed by atoms with Gasteiger partial charge in [-0.05, 0) is 48.4 Å². The third-order valence-electron chi connectivity index (χ3n) is 5.84. The molecular weight excluding hydrogens is 494 g/mol. The number of carbonyl (C=O) groups excluding carboxylic acids is 2. The van der Waals surface area contributed by atoms with E-state index in [-0.39, 0.29) is 16.0 Å². The predicted molar refractivity (Wildman–Crippen MR) is 124 cm³/mol. The van der Waals surface area contributed by atoms with Gasteiger partial charge in [-0.1, -0.05) is 20.8 Å². The molecule has 0 saturated carbocycles. The minimum atomic E-state index is -1.94. The van der Waals surface area contributed by atoms with E-state index < -0.39 is 51.5 Å². The van der Waals surface area contributed by atoms with Crippen LogP contribution in [-0.4, -0.2) is 24.0 Å². The molecule has 2 amide bonds. The molecule has 1 aromatic heterocycles. The number of primary amides is 1. The van der Waals surface area contributed by atoms with Gasteiger partial charge >= 0.3 is 0 Å². The zero-order valence-electron chi connectivity index (χ0n) is 18.8. The van der Waals surface area contributed by atoms with Crippen LogP contribution in [0.25, 0.3) is 0 Å². The lowest BCUT2D eigenvalue weighted by atomic mass is 9.72. The quantitative estimate of drug-likeness (QED) is 0.311. The van der Waals surface area contributed by atoms with Crippen LogP contribution >= 0.6 is 23.6 Å². The summed E-state index contributed by atoms with van der Waals surface area (Å²) in [6, 6.07) is 0. The first-order chi connectivity index (χ1) is 15.8. The second-order valence-corrected chi connectivity index (χ2v) is 10.5. The van der Waals surface area contributed by atoms with E-state index in [4.69, 9.17) is 18.0 Å². The van der Waals surface area contributed by atoms with Crippen LogP contribution in [0, 0.1) is 34.6 Å². The molecule has 184 valence electrons. The van der Waals surface area contributed by atoms with Crippen LogP contribution in [0.2, 0.25) is 0 Å². The van der Waals surface area contributed by atoms with Crippen molar-refractivity contribution in [3.05, 3.63) is 44.8 Å². The fourth-order valence-electron chi connectivity index (χ4n) is 3.96. The maximum absolute atomic E-state index is 14.2. The lowest BCUT2D eigenvalue weighted by molar-refractivity contribution is 0.0964. The van der Waals surface area contributed by atoms with Gasteiger partial charge < -0.3 is 15.8 Å². The van der Waals surface area contributed by atoms with Gasteiger partial charge in [-0.25, -0.2) is 8.78 Å². The summed E-state index contributed by atoms with van der Waals surface area (Å²) in [5.41, 5.74) is 5.15. The highest BCUT2D eigenvalue weighted by Gasteiger charge is 2.34. The third kappa shape index (κ3) is 4.74. The number of rotatable bonds is 4. The van der Waals surface area contributed by atoms with E-state index in [1.165, 1.54) is 11.3 Å². The van der Waals surface area contributed by atoms with Crippen molar-refractivity contribution in [2.75, 3.05) is 12.4 Å². The number of amides is 2. The van der Waals surface area contributed by atoms with Crippen LogP contribution in [0.15, 0.2) is 0 Å². The van der Waals surface area contributed by atoms with E-state index in [1.807, 2.05) is 5.32 Å². The van der Waals surface area contributed by atoms with Crippen molar-refractivity contribution in [3.8, 4) is 5.75 Å². The van der Waals surface area contributed by atoms with Crippen LogP contribution in [0.4, 0.5) is 22.6 Å². The van der Waals surface area contributed by atoms with Crippen LogP contribution < -0.4 is 21.1 Å². The summed E-state index contributed by atoms with van der Waals surface area (Å²) < 4.78 is 60.7. The van der Waals surface area contributed by atoms with Gasteiger partial charge in [0.2, 0.25) is 11.6 Å². The van der Waals surface area contributed by atoms with Crippen LogP contribution in [0.3, 0.4) is 0 Å². The number of thiophene rings is 1. The Balaban J connectivity index is 1.86. The van der Waals surface area contributed by atoms with Crippen molar-refractivity contribution in [1.29, 1.82) is 0 Å². The molecule has 6 nitrogen and oxygen atoms in total. The van der Waals surface area contributed by atoms with Crippen LogP contribution in [0.5, 0.6) is 5.75 Å². The van der Waals surface area contributed by atoms with E-state index in [2.05, 4.69) is 30.8 Å². The molecule has 0 radical (unpaired) electrons. The number of ether oxygens (including phenoxy) is 1. The first-order valence-corrected chi connectivity index (χ1v) is 11.5. The lowest BCUT2D eigenvalue weighted by Gasteiger charge is -2.33. The zero-order valence-corrected chi connectivity index (χ0v) is 20.5. The van der Waals surface area contributed by atoms with Crippen molar-refractivity contribution in [1.82, 2.24) is 5.32 Å². The molecule has 4 N–H and O–H groups in total. The normalized spacial score (nSPS) is 15.5. The molecular formula is C22H23F4N3O3S2. The first kappa shape index (κ1) is 25.9. The molecule has 1 aliphatic carbocycles. The number of hydrogen-bond acceptors (Lipinski definition) is 5. The van der Waals surface area contributed by atoms with Gasteiger partial charge in [0.05, 0.1) is 12.7 Å². The first-order valence-electron chi connectivity index (χ1n) is 10.2. The summed E-state index contributed by atoms with van der Waals surface area (Å²) in [7, 11) is 0.819. The van der Waals surface area contributed by atoms with Gasteiger partial charge in [0.15, 0.2) is 22.5 Å². The number of methoxy groups -OCH3 is 1. The van der Waals surface area contributed by atoms with Gasteiger partial charge in [0, 0.05) is 4.88 Å². The molecule has 1 aliphatic rings. The van der Waals surface area contributed by atoms with E-state index in [0.717, 1.165) is 30.4 Å². The van der Waals surface area contributed by atoms with E-state index >= 15 is 0 Å². The molecule has 3 rings (SSSR count). The maximum atomic E-state index is 14.2. The summed E-state index contributed by atoms with van der Waals surface area (Å²) in [6.07, 6.45) is 2.22. The summed E-state index contributed by atoms with van der Waals surface area (Å²) in [5, 5.41) is 4.47. The highest BCUT2D eigenvalue weighted by Crippen LogP contribution is 2.44. The van der Waals surface area contributed by atoms with Crippen molar-refractivity contribution in [3.63, 3.8) is 0 Å². The molecule has 0 unspecified atom stereocenters. The second-order valence-electron chi connectivity index (χ2n) is 8.95. The molecule has 1 heterocycles. The van der Waals surface area contributed by atoms with E-state index in [1.54, 1.807) is 0 Å². The minimum Gasteiger partial charge on any atom is -0.491 e. The van der Waals surface area contributed by atoms with Crippen molar-refractivity contribution < 1.29 is 31.9 Å². The summed E-state index contributed by atoms with van der Waals surface area (Å²) >= 11 is 6.28. The van der Waals surface area contributed by atoms with Crippen molar-refractivity contribution in [2.45, 2.75) is 40.0 Å². The number of anilines is 1. The number of fused-ring (bicyclic) bond motifs is 1. The minimum absolute atomic E-state index is 0.0580. The Morgan fingerprint density at radius 3 is 2.18 bits per heavy atom. The number of nitrogens with one attached hydrogen (secondary N) is 2. The van der Waals surface area contributed by atoms with Crippen molar-refractivity contribution >= 4 is 45.5 Å². The Kier molecular flexibility index (Phi) is 7.23. The largest absolute Gasteiger partial charge is 0.491 e. The predicted octanol–water partition coefficient (Wildman–Crippen LogP) is 4.69. The Morgan fingerprint density at radius 2 is 1.68 bits per heavy atom. The smallest absolute Gasteiger partial charge is 0.263 e. The Morgan fingerprint density at radius 1 is 1.09 bits per heavy atom. The lowest BCUT2D eigenvalue weighted by Crippen LogP contribution is -2.36. The average Bonchev–Trinajstić information content (AvgIpc) is 3.09. The van der Waals surface area contributed by atoms with E-state index in [9.17, 15) is 27.2 Å². The third-order valence-corrected chi connectivity index (χ3v) is 7.22. The number of nitrogens with two attached hydrogens (primary N) is 1. The van der Waals surface area contributed by atoms with Crippen LogP contribution in [0.1, 0.15) is 58.3 Å². The molecule has 1 atom stereocenters. The highest BCUT2D eigenvalue weighted by atomic mass is 32.1. The monoisotopic (exact) mass is 517 g/mol. The zero-order chi connectivity index (χ0) is 25.5. The highest BCUT2D eigenvalue weighted by molar-refractivity contribution is 7.80. The standard InChI is InChI=1S/C22H23F4N3O3S2/c1-22(2,3)8-5-6-9-10(7-8)34-20(11(9)18(27)30)29-21(33)28-19(31)12-13(23)15(25)17(32-4)16(26)14(12)24/h8H,5-7H2,1-4H3,(H2,27,30)(H2,28,29,31,33)/t8-/m1/s1.